The van der Waals surface area contributed by atoms with Crippen LogP contribution in [0.4, 0.5) is 0 Å². The zero-order chi connectivity index (χ0) is 20.8. The van der Waals surface area contributed by atoms with Crippen LogP contribution in [0.1, 0.15) is 37.7 Å². The maximum Gasteiger partial charge on any atom is 0.414 e. The Morgan fingerprint density at radius 3 is 2.39 bits per heavy atom. The highest BCUT2D eigenvalue weighted by Crippen LogP contribution is 2.25. The smallest absolute Gasteiger partial charge is 0.414 e. The summed E-state index contributed by atoms with van der Waals surface area (Å²) in [6.07, 6.45) is 9.17. The van der Waals surface area contributed by atoms with Gasteiger partial charge in [0.15, 0.2) is 0 Å². The Bertz CT molecular complexity index is 613. The molecule has 0 aliphatic carbocycles. The number of likely N-dealkylation sites (tertiary alicyclic amines) is 1. The Balaban J connectivity index is 0.000000568. The van der Waals surface area contributed by atoms with Gasteiger partial charge in [0.05, 0.1) is 13.7 Å². The third-order valence-electron chi connectivity index (χ3n) is 4.39. The fourth-order valence-electron chi connectivity index (χ4n) is 2.94. The molecular weight excluding hydrogens is 362 g/mol. The van der Waals surface area contributed by atoms with Gasteiger partial charge in [0.1, 0.15) is 11.5 Å². The average Bonchev–Trinajstić information content (AvgIpc) is 2.70. The van der Waals surface area contributed by atoms with Gasteiger partial charge in [-0.25, -0.2) is 9.59 Å². The summed E-state index contributed by atoms with van der Waals surface area (Å²) in [6.45, 7) is 8.37. The van der Waals surface area contributed by atoms with Crippen LogP contribution in [0.2, 0.25) is 0 Å². The lowest BCUT2D eigenvalue weighted by atomic mass is 10.1. The molecule has 2 rings (SSSR count). The van der Waals surface area contributed by atoms with E-state index in [1.54, 1.807) is 7.11 Å². The Kier molecular flexibility index (Phi) is 11.4. The largest absolute Gasteiger partial charge is 0.497 e. The predicted octanol–water partition coefficient (Wildman–Crippen LogP) is 3.22. The number of carboxylic acid groups (broad SMARTS) is 2. The van der Waals surface area contributed by atoms with Gasteiger partial charge in [0, 0.05) is 5.56 Å². The van der Waals surface area contributed by atoms with Crippen molar-refractivity contribution in [3.8, 4) is 11.5 Å². The lowest BCUT2D eigenvalue weighted by molar-refractivity contribution is -0.159. The van der Waals surface area contributed by atoms with Crippen LogP contribution >= 0.6 is 0 Å². The van der Waals surface area contributed by atoms with E-state index in [0.717, 1.165) is 36.5 Å². The molecular formula is C21H31NO6. The van der Waals surface area contributed by atoms with Crippen LogP contribution in [0.5, 0.6) is 11.5 Å². The Morgan fingerprint density at radius 1 is 1.14 bits per heavy atom. The molecule has 1 heterocycles. The van der Waals surface area contributed by atoms with E-state index in [1.807, 2.05) is 24.3 Å². The molecule has 2 N–H and O–H groups in total. The summed E-state index contributed by atoms with van der Waals surface area (Å²) < 4.78 is 11.2. The first-order chi connectivity index (χ1) is 13.5. The summed E-state index contributed by atoms with van der Waals surface area (Å²) in [7, 11) is 1.69. The van der Waals surface area contributed by atoms with Crippen molar-refractivity contribution < 1.29 is 29.3 Å². The van der Waals surface area contributed by atoms with Crippen LogP contribution in [0, 0.1) is 0 Å². The molecule has 1 aromatic rings. The summed E-state index contributed by atoms with van der Waals surface area (Å²) >= 11 is 0. The van der Waals surface area contributed by atoms with E-state index in [9.17, 15) is 0 Å². The molecule has 1 aromatic carbocycles. The van der Waals surface area contributed by atoms with Crippen LogP contribution in [0.3, 0.4) is 0 Å². The van der Waals surface area contributed by atoms with Gasteiger partial charge in [-0.3, -0.25) is 0 Å². The van der Waals surface area contributed by atoms with Gasteiger partial charge in [0.2, 0.25) is 0 Å². The maximum atomic E-state index is 9.10. The molecule has 0 bridgehead atoms. The van der Waals surface area contributed by atoms with Crippen molar-refractivity contribution in [2.75, 3.05) is 33.4 Å². The summed E-state index contributed by atoms with van der Waals surface area (Å²) in [5, 5.41) is 14.8. The highest BCUT2D eigenvalue weighted by molar-refractivity contribution is 6.27. The fourth-order valence-corrected chi connectivity index (χ4v) is 2.94. The van der Waals surface area contributed by atoms with Gasteiger partial charge in [-0.1, -0.05) is 12.5 Å². The third-order valence-corrected chi connectivity index (χ3v) is 4.39. The van der Waals surface area contributed by atoms with E-state index < -0.39 is 11.9 Å². The third kappa shape index (κ3) is 9.41. The van der Waals surface area contributed by atoms with Gasteiger partial charge in [-0.2, -0.15) is 0 Å². The number of hydrogen-bond acceptors (Lipinski definition) is 5. The number of nitrogens with zero attached hydrogens (tertiary/aromatic N) is 1. The average molecular weight is 393 g/mol. The summed E-state index contributed by atoms with van der Waals surface area (Å²) in [4.78, 5) is 20.8. The molecule has 0 amide bonds. The number of carboxylic acids is 2. The Morgan fingerprint density at radius 2 is 1.82 bits per heavy atom. The summed E-state index contributed by atoms with van der Waals surface area (Å²) in [6, 6.07) is 5.99. The summed E-state index contributed by atoms with van der Waals surface area (Å²) in [5.74, 6) is -1.82. The monoisotopic (exact) mass is 393 g/mol. The molecule has 0 aromatic heterocycles. The highest BCUT2D eigenvalue weighted by Gasteiger charge is 2.09. The molecule has 0 unspecified atom stereocenters. The molecule has 28 heavy (non-hydrogen) atoms. The molecule has 1 saturated heterocycles. The molecule has 0 radical (unpaired) electrons. The first-order valence-electron chi connectivity index (χ1n) is 9.57. The standard InChI is InChI=1S/C19H29NO2.C2H2O4/c1-3-9-17-16-18(21-2)10-11-19(17)22-15-8-7-14-20-12-5-4-6-13-20;3-1(4)2(5)6/h3,10-11,16H,1,4-9,12-15H2,2H3;(H,3,4)(H,5,6). The minimum atomic E-state index is -1.82. The van der Waals surface area contributed by atoms with E-state index in [-0.39, 0.29) is 0 Å². The number of carbonyl (C=O) groups is 2. The molecule has 156 valence electrons. The zero-order valence-electron chi connectivity index (χ0n) is 16.6. The van der Waals surface area contributed by atoms with Gasteiger partial charge >= 0.3 is 11.9 Å². The summed E-state index contributed by atoms with van der Waals surface area (Å²) in [5.41, 5.74) is 1.14. The van der Waals surface area contributed by atoms with Crippen molar-refractivity contribution in [3.05, 3.63) is 36.4 Å². The van der Waals surface area contributed by atoms with Crippen molar-refractivity contribution in [2.45, 2.75) is 38.5 Å². The topological polar surface area (TPSA) is 96.3 Å². The Labute approximate surface area is 166 Å². The number of rotatable bonds is 9. The lowest BCUT2D eigenvalue weighted by Crippen LogP contribution is -2.30. The molecule has 1 fully saturated rings. The first kappa shape index (κ1) is 23.5. The van der Waals surface area contributed by atoms with Crippen molar-refractivity contribution >= 4 is 11.9 Å². The highest BCUT2D eigenvalue weighted by atomic mass is 16.5. The number of ether oxygens (including phenoxy) is 2. The number of hydrogen-bond donors (Lipinski definition) is 2. The van der Waals surface area contributed by atoms with Gasteiger partial charge in [0.25, 0.3) is 0 Å². The van der Waals surface area contributed by atoms with E-state index in [1.165, 1.54) is 45.3 Å². The predicted molar refractivity (Wildman–Crippen MR) is 107 cm³/mol. The van der Waals surface area contributed by atoms with E-state index in [4.69, 9.17) is 29.3 Å². The lowest BCUT2D eigenvalue weighted by Gasteiger charge is -2.26. The molecule has 1 aliphatic heterocycles. The molecule has 7 heteroatoms. The second-order valence-corrected chi connectivity index (χ2v) is 6.53. The number of piperidine rings is 1. The molecule has 1 aliphatic rings. The van der Waals surface area contributed by atoms with Crippen molar-refractivity contribution in [3.63, 3.8) is 0 Å². The van der Waals surface area contributed by atoms with Crippen LogP contribution in [0.15, 0.2) is 30.9 Å². The second-order valence-electron chi connectivity index (χ2n) is 6.53. The minimum absolute atomic E-state index is 0.782. The zero-order valence-corrected chi connectivity index (χ0v) is 16.6. The molecule has 0 spiro atoms. The normalized spacial score (nSPS) is 13.8. The van der Waals surface area contributed by atoms with Crippen LogP contribution in [0.25, 0.3) is 0 Å². The van der Waals surface area contributed by atoms with Crippen LogP contribution < -0.4 is 9.47 Å². The van der Waals surface area contributed by atoms with E-state index in [0.29, 0.717) is 0 Å². The number of methoxy groups -OCH3 is 1. The first-order valence-corrected chi connectivity index (χ1v) is 9.57. The molecule has 7 nitrogen and oxygen atoms in total. The van der Waals surface area contributed by atoms with Crippen molar-refractivity contribution in [1.29, 1.82) is 0 Å². The molecule has 0 atom stereocenters. The SMILES string of the molecule is C=CCc1cc(OC)ccc1OCCCCN1CCCCC1.O=C(O)C(=O)O. The van der Waals surface area contributed by atoms with E-state index >= 15 is 0 Å². The number of benzene rings is 1. The van der Waals surface area contributed by atoms with Gasteiger partial charge in [-0.05, 0) is 69.9 Å². The number of aliphatic carboxylic acids is 2. The van der Waals surface area contributed by atoms with Crippen molar-refractivity contribution in [2.24, 2.45) is 0 Å². The Hall–Kier alpha value is -2.54. The minimum Gasteiger partial charge on any atom is -0.497 e. The molecule has 0 saturated carbocycles. The number of allylic oxidation sites excluding steroid dienone is 1. The fraction of sp³-hybridized carbons (Fsp3) is 0.524. The quantitative estimate of drug-likeness (QED) is 0.378. The van der Waals surface area contributed by atoms with Gasteiger partial charge < -0.3 is 24.6 Å². The number of unbranched alkanes of at least 4 members (excludes halogenated alkanes) is 1. The van der Waals surface area contributed by atoms with Crippen LogP contribution in [-0.4, -0.2) is 60.4 Å². The van der Waals surface area contributed by atoms with E-state index in [2.05, 4.69) is 11.5 Å². The van der Waals surface area contributed by atoms with Crippen molar-refractivity contribution in [1.82, 2.24) is 4.90 Å². The second kappa shape index (κ2) is 13.6. The van der Waals surface area contributed by atoms with Crippen LogP contribution in [-0.2, 0) is 16.0 Å². The van der Waals surface area contributed by atoms with Gasteiger partial charge in [-0.15, -0.1) is 6.58 Å². The maximum absolute atomic E-state index is 9.10.